The monoisotopic (exact) mass is 403 g/mol. The number of nitrogens with zero attached hydrogens (tertiary/aromatic N) is 2. The topological polar surface area (TPSA) is 73.3 Å². The lowest BCUT2D eigenvalue weighted by molar-refractivity contribution is -0.121. The number of carbonyl (C=O) groups excluding carboxylic acids is 1. The van der Waals surface area contributed by atoms with Gasteiger partial charge in [-0.2, -0.15) is 0 Å². The fourth-order valence-electron chi connectivity index (χ4n) is 3.57. The van der Waals surface area contributed by atoms with Crippen molar-refractivity contribution in [2.24, 2.45) is 0 Å². The van der Waals surface area contributed by atoms with Gasteiger partial charge >= 0.3 is 0 Å². The lowest BCUT2D eigenvalue weighted by Crippen LogP contribution is -2.35. The number of aromatic nitrogens is 2. The van der Waals surface area contributed by atoms with Crippen LogP contribution in [-0.4, -0.2) is 35.1 Å². The molecule has 30 heavy (non-hydrogen) atoms. The van der Waals surface area contributed by atoms with Gasteiger partial charge < -0.3 is 14.8 Å². The summed E-state index contributed by atoms with van der Waals surface area (Å²) >= 11 is 0. The molecule has 3 aromatic rings. The molecule has 0 radical (unpaired) electrons. The summed E-state index contributed by atoms with van der Waals surface area (Å²) in [4.78, 5) is 21.3. The van der Waals surface area contributed by atoms with Crippen LogP contribution in [0.1, 0.15) is 23.4 Å². The average Bonchev–Trinajstić information content (AvgIpc) is 3.15. The molecule has 0 fully saturated rings. The van der Waals surface area contributed by atoms with Crippen LogP contribution in [0.15, 0.2) is 54.6 Å². The zero-order chi connectivity index (χ0) is 20.9. The minimum absolute atomic E-state index is 0.0525. The molecule has 6 nitrogen and oxygen atoms in total. The summed E-state index contributed by atoms with van der Waals surface area (Å²) in [7, 11) is 0. The number of para-hydroxylation sites is 2. The first-order valence-corrected chi connectivity index (χ1v) is 10.1. The number of ether oxygens (including phenoxy) is 2. The summed E-state index contributed by atoms with van der Waals surface area (Å²) in [5.41, 5.74) is 3.86. The van der Waals surface area contributed by atoms with Gasteiger partial charge in [0.05, 0.1) is 25.1 Å². The molecule has 4 rings (SSSR count). The molecule has 154 valence electrons. The van der Waals surface area contributed by atoms with Gasteiger partial charge in [-0.1, -0.05) is 30.3 Å². The molecule has 1 atom stereocenters. The van der Waals surface area contributed by atoms with Crippen molar-refractivity contribution in [1.82, 2.24) is 15.3 Å². The van der Waals surface area contributed by atoms with E-state index in [-0.39, 0.29) is 12.0 Å². The SMILES string of the molecule is Cc1cc(C)nc(-c2cccc3c2OC(CNC(=O)CCOc2ccccc2)C3)n1. The predicted octanol–water partition coefficient (Wildman–Crippen LogP) is 3.65. The number of rotatable bonds is 7. The Morgan fingerprint density at radius 2 is 1.87 bits per heavy atom. The zero-order valence-electron chi connectivity index (χ0n) is 17.2. The third kappa shape index (κ3) is 4.76. The van der Waals surface area contributed by atoms with Crippen molar-refractivity contribution in [1.29, 1.82) is 0 Å². The number of carbonyl (C=O) groups is 1. The van der Waals surface area contributed by atoms with Crippen molar-refractivity contribution in [3.05, 3.63) is 71.5 Å². The highest BCUT2D eigenvalue weighted by Gasteiger charge is 2.27. The number of amides is 1. The van der Waals surface area contributed by atoms with Crippen LogP contribution in [0.4, 0.5) is 0 Å². The molecule has 2 aromatic carbocycles. The van der Waals surface area contributed by atoms with Crippen LogP contribution in [0.25, 0.3) is 11.4 Å². The van der Waals surface area contributed by atoms with E-state index in [1.54, 1.807) is 0 Å². The Labute approximate surface area is 176 Å². The van der Waals surface area contributed by atoms with Crippen LogP contribution in [0.2, 0.25) is 0 Å². The Bertz CT molecular complexity index is 1020. The quantitative estimate of drug-likeness (QED) is 0.652. The van der Waals surface area contributed by atoms with Crippen molar-refractivity contribution in [2.45, 2.75) is 32.8 Å². The Kier molecular flexibility index (Phi) is 5.93. The van der Waals surface area contributed by atoms with E-state index in [0.29, 0.717) is 25.4 Å². The first-order valence-electron chi connectivity index (χ1n) is 10.1. The molecule has 1 unspecified atom stereocenters. The molecular formula is C24H25N3O3. The van der Waals surface area contributed by atoms with Crippen molar-refractivity contribution in [2.75, 3.05) is 13.2 Å². The molecule has 6 heteroatoms. The summed E-state index contributed by atoms with van der Waals surface area (Å²) in [5.74, 6) is 2.20. The van der Waals surface area contributed by atoms with Gasteiger partial charge in [-0.15, -0.1) is 0 Å². The smallest absolute Gasteiger partial charge is 0.223 e. The fourth-order valence-corrected chi connectivity index (χ4v) is 3.57. The Balaban J connectivity index is 1.32. The Morgan fingerprint density at radius 3 is 2.63 bits per heavy atom. The van der Waals surface area contributed by atoms with Gasteiger partial charge in [0.25, 0.3) is 0 Å². The Hall–Kier alpha value is -3.41. The van der Waals surface area contributed by atoms with Crippen LogP contribution in [0, 0.1) is 13.8 Å². The van der Waals surface area contributed by atoms with E-state index in [4.69, 9.17) is 9.47 Å². The number of hydrogen-bond acceptors (Lipinski definition) is 5. The summed E-state index contributed by atoms with van der Waals surface area (Å²) in [6, 6.07) is 17.5. The van der Waals surface area contributed by atoms with Crippen LogP contribution >= 0.6 is 0 Å². The van der Waals surface area contributed by atoms with E-state index in [1.807, 2.05) is 62.4 Å². The second-order valence-corrected chi connectivity index (χ2v) is 7.43. The first-order chi connectivity index (χ1) is 14.6. The second-order valence-electron chi connectivity index (χ2n) is 7.43. The molecular weight excluding hydrogens is 378 g/mol. The maximum Gasteiger partial charge on any atom is 0.223 e. The minimum atomic E-state index is -0.106. The molecule has 2 heterocycles. The van der Waals surface area contributed by atoms with Crippen LogP contribution in [-0.2, 0) is 11.2 Å². The molecule has 0 spiro atoms. The molecule has 1 N–H and O–H groups in total. The van der Waals surface area contributed by atoms with Gasteiger partial charge in [-0.25, -0.2) is 9.97 Å². The van der Waals surface area contributed by atoms with Crippen LogP contribution < -0.4 is 14.8 Å². The molecule has 1 aliphatic heterocycles. The standard InChI is InChI=1S/C24H25N3O3/c1-16-13-17(2)27-24(26-16)21-10-6-7-18-14-20(30-23(18)21)15-25-22(28)11-12-29-19-8-4-3-5-9-19/h3-10,13,20H,11-12,14-15H2,1-2H3,(H,25,28). The second kappa shape index (κ2) is 8.95. The lowest BCUT2D eigenvalue weighted by Gasteiger charge is -2.13. The van der Waals surface area contributed by atoms with E-state index in [9.17, 15) is 4.79 Å². The van der Waals surface area contributed by atoms with E-state index in [1.165, 1.54) is 0 Å². The summed E-state index contributed by atoms with van der Waals surface area (Å²) in [6.07, 6.45) is 0.941. The summed E-state index contributed by atoms with van der Waals surface area (Å²) < 4.78 is 11.7. The zero-order valence-corrected chi connectivity index (χ0v) is 17.2. The largest absolute Gasteiger partial charge is 0.493 e. The van der Waals surface area contributed by atoms with E-state index >= 15 is 0 Å². The molecule has 1 aliphatic rings. The maximum absolute atomic E-state index is 12.2. The molecule has 0 bridgehead atoms. The van der Waals surface area contributed by atoms with Gasteiger partial charge in [0.2, 0.25) is 5.91 Å². The van der Waals surface area contributed by atoms with Crippen molar-refractivity contribution >= 4 is 5.91 Å². The molecule has 0 saturated heterocycles. The first kappa shape index (κ1) is 19.9. The van der Waals surface area contributed by atoms with Gasteiger partial charge in [-0.3, -0.25) is 4.79 Å². The predicted molar refractivity (Wildman–Crippen MR) is 115 cm³/mol. The Morgan fingerprint density at radius 1 is 1.10 bits per heavy atom. The number of benzene rings is 2. The highest BCUT2D eigenvalue weighted by molar-refractivity contribution is 5.76. The van der Waals surface area contributed by atoms with Crippen LogP contribution in [0.5, 0.6) is 11.5 Å². The van der Waals surface area contributed by atoms with Crippen LogP contribution in [0.3, 0.4) is 0 Å². The van der Waals surface area contributed by atoms with Crippen molar-refractivity contribution in [3.8, 4) is 22.9 Å². The van der Waals surface area contributed by atoms with Gasteiger partial charge in [0.1, 0.15) is 17.6 Å². The highest BCUT2D eigenvalue weighted by Crippen LogP contribution is 2.37. The molecule has 1 amide bonds. The fraction of sp³-hybridized carbons (Fsp3) is 0.292. The van der Waals surface area contributed by atoms with Gasteiger partial charge in [0, 0.05) is 17.8 Å². The number of nitrogens with one attached hydrogen (secondary N) is 1. The van der Waals surface area contributed by atoms with E-state index in [2.05, 4.69) is 21.4 Å². The maximum atomic E-state index is 12.2. The van der Waals surface area contributed by atoms with E-state index < -0.39 is 0 Å². The number of hydrogen-bond donors (Lipinski definition) is 1. The molecule has 0 aliphatic carbocycles. The van der Waals surface area contributed by atoms with Gasteiger partial charge in [0.15, 0.2) is 5.82 Å². The summed E-state index contributed by atoms with van der Waals surface area (Å²) in [6.45, 7) is 4.71. The molecule has 0 saturated carbocycles. The third-order valence-electron chi connectivity index (χ3n) is 4.92. The van der Waals surface area contributed by atoms with Gasteiger partial charge in [-0.05, 0) is 43.7 Å². The van der Waals surface area contributed by atoms with Crippen molar-refractivity contribution < 1.29 is 14.3 Å². The highest BCUT2D eigenvalue weighted by atomic mass is 16.5. The van der Waals surface area contributed by atoms with E-state index in [0.717, 1.165) is 40.4 Å². The summed E-state index contributed by atoms with van der Waals surface area (Å²) in [5, 5.41) is 2.95. The molecule has 1 aromatic heterocycles. The lowest BCUT2D eigenvalue weighted by atomic mass is 10.1. The normalized spacial score (nSPS) is 14.7. The minimum Gasteiger partial charge on any atom is -0.493 e. The third-order valence-corrected chi connectivity index (χ3v) is 4.92. The van der Waals surface area contributed by atoms with Crippen molar-refractivity contribution in [3.63, 3.8) is 0 Å². The number of aryl methyl sites for hydroxylation is 2. The average molecular weight is 403 g/mol. The number of fused-ring (bicyclic) bond motifs is 1.